The largest absolute Gasteiger partial charge is 0.161 e. The number of hydrogen-bond acceptors (Lipinski definition) is 0. The SMILES string of the molecule is CC1C=S=CC1C. The van der Waals surface area contributed by atoms with Crippen LogP contribution < -0.4 is 0 Å². The molecular formula is C6H10S. The van der Waals surface area contributed by atoms with E-state index < -0.39 is 0 Å². The monoisotopic (exact) mass is 114 g/mol. The zero-order valence-electron chi connectivity index (χ0n) is 4.72. The second kappa shape index (κ2) is 1.83. The topological polar surface area (TPSA) is 0 Å². The molecule has 0 spiro atoms. The summed E-state index contributed by atoms with van der Waals surface area (Å²) in [4.78, 5) is 0. The predicted molar refractivity (Wildman–Crippen MR) is 38.0 cm³/mol. The summed E-state index contributed by atoms with van der Waals surface area (Å²) < 4.78 is 0. The van der Waals surface area contributed by atoms with Crippen molar-refractivity contribution in [3.05, 3.63) is 0 Å². The van der Waals surface area contributed by atoms with E-state index in [1.54, 1.807) is 0 Å². The smallest absolute Gasteiger partial charge is 0.00971 e. The first-order chi connectivity index (χ1) is 3.30. The summed E-state index contributed by atoms with van der Waals surface area (Å²) in [7, 11) is 1.84. The van der Waals surface area contributed by atoms with Gasteiger partial charge in [-0.1, -0.05) is 13.8 Å². The van der Waals surface area contributed by atoms with Gasteiger partial charge in [0.25, 0.3) is 0 Å². The Morgan fingerprint density at radius 2 is 1.57 bits per heavy atom. The lowest BCUT2D eigenvalue weighted by Crippen LogP contribution is -2.03. The van der Waals surface area contributed by atoms with Crippen LogP contribution in [0.1, 0.15) is 13.8 Å². The molecular weight excluding hydrogens is 104 g/mol. The van der Waals surface area contributed by atoms with Crippen LogP contribution in [-0.4, -0.2) is 10.7 Å². The molecule has 0 aromatic heterocycles. The van der Waals surface area contributed by atoms with Gasteiger partial charge in [0.05, 0.1) is 0 Å². The van der Waals surface area contributed by atoms with Gasteiger partial charge >= 0.3 is 0 Å². The number of hydrogen-bond donors (Lipinski definition) is 0. The van der Waals surface area contributed by atoms with Gasteiger partial charge in [0, 0.05) is 0 Å². The van der Waals surface area contributed by atoms with E-state index in [2.05, 4.69) is 24.6 Å². The normalized spacial score (nSPS) is 38.6. The summed E-state index contributed by atoms with van der Waals surface area (Å²) in [5.41, 5.74) is 0. The average molecular weight is 114 g/mol. The maximum absolute atomic E-state index is 2.28. The molecule has 2 atom stereocenters. The molecule has 1 heteroatoms. The summed E-state index contributed by atoms with van der Waals surface area (Å²) in [6.07, 6.45) is 0. The molecule has 7 heavy (non-hydrogen) atoms. The third kappa shape index (κ3) is 0.942. The molecule has 1 aliphatic heterocycles. The van der Waals surface area contributed by atoms with E-state index in [9.17, 15) is 0 Å². The quantitative estimate of drug-likeness (QED) is 0.420. The van der Waals surface area contributed by atoms with E-state index in [4.69, 9.17) is 0 Å². The lowest BCUT2D eigenvalue weighted by atomic mass is 10.0. The van der Waals surface area contributed by atoms with Gasteiger partial charge in [0.2, 0.25) is 0 Å². The Hall–Kier alpha value is -0.0400. The third-order valence-corrected chi connectivity index (χ3v) is 2.59. The van der Waals surface area contributed by atoms with Crippen molar-refractivity contribution in [3.63, 3.8) is 0 Å². The molecule has 40 valence electrons. The van der Waals surface area contributed by atoms with Gasteiger partial charge in [-0.05, 0) is 22.6 Å². The van der Waals surface area contributed by atoms with E-state index in [1.165, 1.54) is 0 Å². The van der Waals surface area contributed by atoms with Crippen LogP contribution in [0.3, 0.4) is 0 Å². The Morgan fingerprint density at radius 3 is 1.71 bits per heavy atom. The highest BCUT2D eigenvalue weighted by Gasteiger charge is 2.07. The first-order valence-corrected chi connectivity index (χ1v) is 3.57. The summed E-state index contributed by atoms with van der Waals surface area (Å²) in [6.45, 7) is 4.50. The van der Waals surface area contributed by atoms with Crippen molar-refractivity contribution < 1.29 is 0 Å². The highest BCUT2D eigenvalue weighted by Crippen LogP contribution is 2.11. The molecule has 0 nitrogen and oxygen atoms in total. The zero-order chi connectivity index (χ0) is 5.28. The Bertz CT molecular complexity index is 108. The van der Waals surface area contributed by atoms with Crippen LogP contribution in [0.25, 0.3) is 0 Å². The Morgan fingerprint density at radius 1 is 1.14 bits per heavy atom. The van der Waals surface area contributed by atoms with E-state index in [0.717, 1.165) is 11.8 Å². The molecule has 0 saturated carbocycles. The lowest BCUT2D eigenvalue weighted by molar-refractivity contribution is 0.661. The standard InChI is InChI=1S/C6H10S/c1-5-3-7-4-6(5)2/h3-6H,1-2H3. The predicted octanol–water partition coefficient (Wildman–Crippen LogP) is 1.61. The molecule has 0 bridgehead atoms. The van der Waals surface area contributed by atoms with Gasteiger partial charge in [-0.2, -0.15) is 10.9 Å². The fourth-order valence-electron chi connectivity index (χ4n) is 0.541. The molecule has 0 saturated heterocycles. The molecule has 0 aromatic rings. The minimum atomic E-state index is 0.796. The summed E-state index contributed by atoms with van der Waals surface area (Å²) in [5, 5.41) is 4.56. The van der Waals surface area contributed by atoms with Crippen LogP contribution >= 0.6 is 10.9 Å². The van der Waals surface area contributed by atoms with Crippen molar-refractivity contribution in [3.8, 4) is 0 Å². The number of rotatable bonds is 0. The minimum Gasteiger partial charge on any atom is -0.161 e. The molecule has 1 heterocycles. The summed E-state index contributed by atoms with van der Waals surface area (Å²) in [6, 6.07) is 0. The van der Waals surface area contributed by atoms with Gasteiger partial charge < -0.3 is 0 Å². The lowest BCUT2D eigenvalue weighted by Gasteiger charge is -2.02. The van der Waals surface area contributed by atoms with Crippen molar-refractivity contribution in [1.29, 1.82) is 0 Å². The Labute approximate surface area is 48.1 Å². The minimum absolute atomic E-state index is 0.796. The molecule has 1 rings (SSSR count). The molecule has 2 unspecified atom stereocenters. The van der Waals surface area contributed by atoms with Crippen LogP contribution in [0.4, 0.5) is 0 Å². The van der Waals surface area contributed by atoms with Gasteiger partial charge in [0.15, 0.2) is 0 Å². The van der Waals surface area contributed by atoms with Crippen LogP contribution in [0.15, 0.2) is 0 Å². The molecule has 0 aromatic carbocycles. The van der Waals surface area contributed by atoms with Crippen molar-refractivity contribution in [1.82, 2.24) is 0 Å². The fraction of sp³-hybridized carbons (Fsp3) is 0.667. The summed E-state index contributed by atoms with van der Waals surface area (Å²) >= 11 is 0. The van der Waals surface area contributed by atoms with Gasteiger partial charge in [0.1, 0.15) is 0 Å². The Balaban J connectivity index is 2.60. The van der Waals surface area contributed by atoms with Crippen molar-refractivity contribution >= 4 is 21.7 Å². The van der Waals surface area contributed by atoms with Gasteiger partial charge in [-0.15, -0.1) is 0 Å². The second-order valence-electron chi connectivity index (χ2n) is 2.13. The first kappa shape index (κ1) is 5.10. The van der Waals surface area contributed by atoms with E-state index >= 15 is 0 Å². The van der Waals surface area contributed by atoms with Crippen molar-refractivity contribution in [2.75, 3.05) is 0 Å². The average Bonchev–Trinajstić information content (AvgIpc) is 1.91. The van der Waals surface area contributed by atoms with Crippen LogP contribution in [0.5, 0.6) is 0 Å². The molecule has 0 fully saturated rings. The van der Waals surface area contributed by atoms with E-state index in [1.807, 2.05) is 10.9 Å². The van der Waals surface area contributed by atoms with E-state index in [-0.39, 0.29) is 0 Å². The molecule has 0 amide bonds. The zero-order valence-corrected chi connectivity index (χ0v) is 5.53. The van der Waals surface area contributed by atoms with Gasteiger partial charge in [-0.3, -0.25) is 0 Å². The van der Waals surface area contributed by atoms with Crippen LogP contribution in [-0.2, 0) is 0 Å². The van der Waals surface area contributed by atoms with Crippen molar-refractivity contribution in [2.24, 2.45) is 11.8 Å². The fourth-order valence-corrected chi connectivity index (χ4v) is 1.62. The maximum Gasteiger partial charge on any atom is -0.00971 e. The molecule has 0 aliphatic carbocycles. The third-order valence-electron chi connectivity index (χ3n) is 1.42. The maximum atomic E-state index is 2.28. The molecule has 0 radical (unpaired) electrons. The summed E-state index contributed by atoms with van der Waals surface area (Å²) in [5.74, 6) is 1.59. The van der Waals surface area contributed by atoms with E-state index in [0.29, 0.717) is 0 Å². The van der Waals surface area contributed by atoms with Gasteiger partial charge in [-0.25, -0.2) is 0 Å². The highest BCUT2D eigenvalue weighted by molar-refractivity contribution is 7.96. The Kier molecular flexibility index (Phi) is 1.33. The first-order valence-electron chi connectivity index (χ1n) is 2.63. The highest BCUT2D eigenvalue weighted by atomic mass is 32.1. The van der Waals surface area contributed by atoms with Crippen molar-refractivity contribution in [2.45, 2.75) is 13.8 Å². The molecule has 0 N–H and O–H groups in total. The van der Waals surface area contributed by atoms with Crippen LogP contribution in [0.2, 0.25) is 0 Å². The van der Waals surface area contributed by atoms with Crippen LogP contribution in [0, 0.1) is 11.8 Å². The molecule has 1 aliphatic rings. The second-order valence-corrected chi connectivity index (χ2v) is 2.94.